The second-order valence-corrected chi connectivity index (χ2v) is 6.74. The lowest BCUT2D eigenvalue weighted by atomic mass is 10.1. The van der Waals surface area contributed by atoms with Crippen molar-refractivity contribution < 1.29 is 19.0 Å². The van der Waals surface area contributed by atoms with Gasteiger partial charge in [-0.05, 0) is 31.7 Å². The zero-order chi connectivity index (χ0) is 16.5. The lowest BCUT2D eigenvalue weighted by Crippen LogP contribution is -2.17. The number of hydrogen-bond donors (Lipinski definition) is 1. The Labute approximate surface area is 143 Å². The average Bonchev–Trinajstić information content (AvgIpc) is 3.33. The van der Waals surface area contributed by atoms with Crippen LogP contribution in [0.25, 0.3) is 0 Å². The number of nitrogens with zero attached hydrogens (tertiary/aromatic N) is 1. The van der Waals surface area contributed by atoms with Crippen LogP contribution >= 0.6 is 11.3 Å². The third-order valence-electron chi connectivity index (χ3n) is 3.96. The first kappa shape index (κ1) is 15.3. The van der Waals surface area contributed by atoms with Crippen LogP contribution in [0.15, 0.2) is 18.3 Å². The predicted molar refractivity (Wildman–Crippen MR) is 90.8 cm³/mol. The Morgan fingerprint density at radius 2 is 2.12 bits per heavy atom. The van der Waals surface area contributed by atoms with Gasteiger partial charge in [0.15, 0.2) is 16.6 Å². The third-order valence-corrected chi connectivity index (χ3v) is 4.85. The molecule has 0 amide bonds. The number of benzene rings is 1. The molecule has 1 aromatic heterocycles. The van der Waals surface area contributed by atoms with Crippen molar-refractivity contribution in [1.29, 1.82) is 0 Å². The molecule has 0 spiro atoms. The molecule has 1 saturated carbocycles. The molecule has 1 N–H and O–H groups in total. The summed E-state index contributed by atoms with van der Waals surface area (Å²) in [5, 5.41) is 3.85. The fourth-order valence-electron chi connectivity index (χ4n) is 2.72. The van der Waals surface area contributed by atoms with Crippen LogP contribution in [0.3, 0.4) is 0 Å². The van der Waals surface area contributed by atoms with E-state index in [1.165, 1.54) is 35.9 Å². The average molecular weight is 346 g/mol. The molecule has 0 saturated heterocycles. The highest BCUT2D eigenvalue weighted by molar-refractivity contribution is 7.17. The summed E-state index contributed by atoms with van der Waals surface area (Å²) in [6.45, 7) is 3.23. The number of carbonyl (C=O) groups excluding carboxylic acids is 1. The summed E-state index contributed by atoms with van der Waals surface area (Å²) >= 11 is 1.26. The van der Waals surface area contributed by atoms with Gasteiger partial charge in [-0.25, -0.2) is 9.78 Å². The minimum Gasteiger partial charge on any atom is -0.486 e. The van der Waals surface area contributed by atoms with Crippen molar-refractivity contribution in [2.75, 3.05) is 25.1 Å². The van der Waals surface area contributed by atoms with Gasteiger partial charge in [-0.15, -0.1) is 0 Å². The van der Waals surface area contributed by atoms with E-state index in [2.05, 4.69) is 16.4 Å². The molecule has 0 atom stereocenters. The molecule has 4 rings (SSSR count). The number of aromatic nitrogens is 1. The number of carbonyl (C=O) groups is 1. The number of esters is 1. The Bertz CT molecular complexity index is 770. The highest BCUT2D eigenvalue weighted by atomic mass is 32.1. The van der Waals surface area contributed by atoms with E-state index < -0.39 is 0 Å². The monoisotopic (exact) mass is 346 g/mol. The number of ether oxygens (including phenoxy) is 3. The van der Waals surface area contributed by atoms with Crippen LogP contribution in [0.4, 0.5) is 10.8 Å². The summed E-state index contributed by atoms with van der Waals surface area (Å²) < 4.78 is 16.7. The van der Waals surface area contributed by atoms with E-state index in [-0.39, 0.29) is 5.97 Å². The maximum Gasteiger partial charge on any atom is 0.350 e. The molecule has 6 nitrogen and oxygen atoms in total. The molecule has 0 unspecified atom stereocenters. The van der Waals surface area contributed by atoms with Crippen LogP contribution in [0.2, 0.25) is 0 Å². The van der Waals surface area contributed by atoms with Crippen molar-refractivity contribution >= 4 is 28.1 Å². The van der Waals surface area contributed by atoms with Gasteiger partial charge in [0.25, 0.3) is 0 Å². The van der Waals surface area contributed by atoms with Gasteiger partial charge in [-0.2, -0.15) is 0 Å². The Balaban J connectivity index is 1.59. The van der Waals surface area contributed by atoms with E-state index in [1.54, 1.807) is 6.92 Å². The van der Waals surface area contributed by atoms with Gasteiger partial charge in [-0.3, -0.25) is 0 Å². The van der Waals surface area contributed by atoms with Gasteiger partial charge in [-0.1, -0.05) is 17.4 Å². The first-order valence-electron chi connectivity index (χ1n) is 8.08. The van der Waals surface area contributed by atoms with Gasteiger partial charge in [0.05, 0.1) is 18.5 Å². The number of fused-ring (bicyclic) bond motifs is 1. The minimum atomic E-state index is -0.353. The molecule has 24 heavy (non-hydrogen) atoms. The molecule has 0 bridgehead atoms. The SMILES string of the molecule is CCOC(=O)c1cnc(Nc2ccc(C3CC3)c3c2OCCO3)s1. The normalized spacial score (nSPS) is 15.9. The summed E-state index contributed by atoms with van der Waals surface area (Å²) in [7, 11) is 0. The smallest absolute Gasteiger partial charge is 0.350 e. The van der Waals surface area contributed by atoms with Gasteiger partial charge < -0.3 is 19.5 Å². The highest BCUT2D eigenvalue weighted by Crippen LogP contribution is 2.51. The maximum atomic E-state index is 11.7. The van der Waals surface area contributed by atoms with Crippen molar-refractivity contribution in [2.45, 2.75) is 25.7 Å². The van der Waals surface area contributed by atoms with Gasteiger partial charge in [0, 0.05) is 5.56 Å². The van der Waals surface area contributed by atoms with E-state index in [0.29, 0.717) is 35.7 Å². The van der Waals surface area contributed by atoms with Crippen molar-refractivity contribution in [3.63, 3.8) is 0 Å². The summed E-state index contributed by atoms with van der Waals surface area (Å²) in [4.78, 5) is 16.5. The molecule has 1 aliphatic heterocycles. The number of thiazole rings is 1. The number of nitrogens with one attached hydrogen (secondary N) is 1. The van der Waals surface area contributed by atoms with E-state index in [4.69, 9.17) is 14.2 Å². The Kier molecular flexibility index (Phi) is 4.02. The quantitative estimate of drug-likeness (QED) is 0.832. The fourth-order valence-corrected chi connectivity index (χ4v) is 3.44. The van der Waals surface area contributed by atoms with Gasteiger partial charge >= 0.3 is 5.97 Å². The number of rotatable bonds is 5. The van der Waals surface area contributed by atoms with Gasteiger partial charge in [0.1, 0.15) is 18.1 Å². The second-order valence-electron chi connectivity index (χ2n) is 5.71. The van der Waals surface area contributed by atoms with E-state index in [1.807, 2.05) is 6.07 Å². The zero-order valence-corrected chi connectivity index (χ0v) is 14.1. The molecular formula is C17H18N2O4S. The zero-order valence-electron chi connectivity index (χ0n) is 13.3. The van der Waals surface area contributed by atoms with Crippen LogP contribution in [-0.4, -0.2) is 30.8 Å². The summed E-state index contributed by atoms with van der Waals surface area (Å²) in [6, 6.07) is 4.08. The minimum absolute atomic E-state index is 0.348. The standard InChI is InChI=1S/C17H18N2O4S/c1-2-21-16(20)13-9-18-17(24-13)19-12-6-5-11(10-3-4-10)14-15(12)23-8-7-22-14/h5-6,9-10H,2-4,7-8H2,1H3,(H,18,19). The van der Waals surface area contributed by atoms with Crippen LogP contribution < -0.4 is 14.8 Å². The third kappa shape index (κ3) is 2.91. The molecule has 1 aliphatic carbocycles. The number of hydrogen-bond acceptors (Lipinski definition) is 7. The fraction of sp³-hybridized carbons (Fsp3) is 0.412. The van der Waals surface area contributed by atoms with Gasteiger partial charge in [0.2, 0.25) is 0 Å². The highest BCUT2D eigenvalue weighted by Gasteiger charge is 2.31. The Morgan fingerprint density at radius 3 is 2.88 bits per heavy atom. The van der Waals surface area contributed by atoms with Crippen molar-refractivity contribution in [1.82, 2.24) is 4.98 Å². The first-order chi connectivity index (χ1) is 11.8. The lowest BCUT2D eigenvalue weighted by molar-refractivity contribution is 0.0532. The van der Waals surface area contributed by atoms with Crippen molar-refractivity contribution in [2.24, 2.45) is 0 Å². The molecule has 0 radical (unpaired) electrons. The Hall–Kier alpha value is -2.28. The largest absolute Gasteiger partial charge is 0.486 e. The summed E-state index contributed by atoms with van der Waals surface area (Å²) in [6.07, 6.45) is 3.93. The molecule has 1 aromatic carbocycles. The molecule has 2 aromatic rings. The molecule has 2 heterocycles. The predicted octanol–water partition coefficient (Wildman–Crippen LogP) is 3.71. The van der Waals surface area contributed by atoms with Crippen LogP contribution in [0.5, 0.6) is 11.5 Å². The topological polar surface area (TPSA) is 69.7 Å². The van der Waals surface area contributed by atoms with Crippen LogP contribution in [0.1, 0.15) is 40.9 Å². The second kappa shape index (κ2) is 6.32. The van der Waals surface area contributed by atoms with Crippen LogP contribution in [-0.2, 0) is 4.74 Å². The van der Waals surface area contributed by atoms with E-state index in [0.717, 1.165) is 17.2 Å². The molecular weight excluding hydrogens is 328 g/mol. The number of anilines is 2. The maximum absolute atomic E-state index is 11.7. The van der Waals surface area contributed by atoms with Crippen molar-refractivity contribution in [3.05, 3.63) is 28.8 Å². The Morgan fingerprint density at radius 1 is 1.33 bits per heavy atom. The lowest BCUT2D eigenvalue weighted by Gasteiger charge is -2.23. The molecule has 126 valence electrons. The first-order valence-corrected chi connectivity index (χ1v) is 8.90. The summed E-state index contributed by atoms with van der Waals surface area (Å²) in [5.41, 5.74) is 2.03. The van der Waals surface area contributed by atoms with E-state index >= 15 is 0 Å². The molecule has 2 aliphatic rings. The summed E-state index contributed by atoms with van der Waals surface area (Å²) in [5.74, 6) is 1.81. The molecule has 7 heteroatoms. The molecule has 1 fully saturated rings. The van der Waals surface area contributed by atoms with Crippen LogP contribution in [0, 0.1) is 0 Å². The van der Waals surface area contributed by atoms with Crippen molar-refractivity contribution in [3.8, 4) is 11.5 Å². The van der Waals surface area contributed by atoms with E-state index in [9.17, 15) is 4.79 Å².